The number of halogens is 1. The molecule has 1 saturated heterocycles. The highest BCUT2D eigenvalue weighted by molar-refractivity contribution is 7.89. The van der Waals surface area contributed by atoms with E-state index in [0.717, 1.165) is 10.6 Å². The topological polar surface area (TPSA) is 74.3 Å². The molecule has 0 spiro atoms. The Hall–Kier alpha value is -1.39. The van der Waals surface area contributed by atoms with Crippen LogP contribution in [0.15, 0.2) is 24.3 Å². The van der Waals surface area contributed by atoms with E-state index in [-0.39, 0.29) is 17.9 Å². The zero-order valence-corrected chi connectivity index (χ0v) is 16.2. The molecule has 9 heteroatoms. The molecule has 2 N–H and O–H groups in total. The fraction of sp³-hybridized carbons (Fsp3) is 0.471. The number of benzene rings is 1. The molecule has 1 fully saturated rings. The smallest absolute Gasteiger partial charge is 0.220 e. The van der Waals surface area contributed by atoms with Crippen LogP contribution >= 0.6 is 11.3 Å². The Morgan fingerprint density at radius 3 is 2.62 bits per heavy atom. The van der Waals surface area contributed by atoms with E-state index >= 15 is 0 Å². The molecular formula is C17H21FN4O2S2. The number of nitrogens with one attached hydrogen (secondary N) is 2. The lowest BCUT2D eigenvalue weighted by Crippen LogP contribution is -2.48. The molecule has 2 aliphatic heterocycles. The van der Waals surface area contributed by atoms with Crippen LogP contribution in [0.2, 0.25) is 0 Å². The SMILES string of the molecule is CC1NNC(C)C1S(=O)(=O)N1CCc2nc(-c3ccccc3F)sc2C1. The second kappa shape index (κ2) is 6.65. The second-order valence-electron chi connectivity index (χ2n) is 6.83. The molecule has 1 aromatic carbocycles. The van der Waals surface area contributed by atoms with Crippen LogP contribution < -0.4 is 10.9 Å². The average Bonchev–Trinajstić information content (AvgIpc) is 3.17. The summed E-state index contributed by atoms with van der Waals surface area (Å²) in [6.07, 6.45) is 0.551. The van der Waals surface area contributed by atoms with Gasteiger partial charge >= 0.3 is 0 Å². The number of hydrogen-bond donors (Lipinski definition) is 2. The Balaban J connectivity index is 1.62. The highest BCUT2D eigenvalue weighted by atomic mass is 32.2. The van der Waals surface area contributed by atoms with Gasteiger partial charge in [-0.1, -0.05) is 12.1 Å². The van der Waals surface area contributed by atoms with E-state index in [2.05, 4.69) is 15.8 Å². The third kappa shape index (κ3) is 2.97. The molecular weight excluding hydrogens is 375 g/mol. The summed E-state index contributed by atoms with van der Waals surface area (Å²) in [7, 11) is -3.45. The first-order valence-corrected chi connectivity index (χ1v) is 10.9. The highest BCUT2D eigenvalue weighted by Gasteiger charge is 2.44. The molecule has 0 bridgehead atoms. The number of sulfonamides is 1. The largest absolute Gasteiger partial charge is 0.253 e. The van der Waals surface area contributed by atoms with Gasteiger partial charge in [-0.3, -0.25) is 10.9 Å². The number of hydrogen-bond acceptors (Lipinski definition) is 6. The normalized spacial score (nSPS) is 26.8. The van der Waals surface area contributed by atoms with Crippen molar-refractivity contribution in [1.82, 2.24) is 20.1 Å². The van der Waals surface area contributed by atoms with Gasteiger partial charge in [0.2, 0.25) is 10.0 Å². The molecule has 0 radical (unpaired) electrons. The zero-order chi connectivity index (χ0) is 18.5. The number of hydrazine groups is 1. The quantitative estimate of drug-likeness (QED) is 0.829. The molecule has 0 saturated carbocycles. The molecule has 6 nitrogen and oxygen atoms in total. The van der Waals surface area contributed by atoms with Gasteiger partial charge in [0.1, 0.15) is 16.1 Å². The summed E-state index contributed by atoms with van der Waals surface area (Å²) in [5.41, 5.74) is 7.36. The molecule has 2 aromatic rings. The van der Waals surface area contributed by atoms with Crippen LogP contribution in [-0.4, -0.2) is 41.6 Å². The van der Waals surface area contributed by atoms with Gasteiger partial charge in [0.25, 0.3) is 0 Å². The maximum Gasteiger partial charge on any atom is 0.220 e. The van der Waals surface area contributed by atoms with Crippen molar-refractivity contribution in [2.24, 2.45) is 0 Å². The van der Waals surface area contributed by atoms with Crippen molar-refractivity contribution < 1.29 is 12.8 Å². The maximum atomic E-state index is 14.0. The predicted molar refractivity (Wildman–Crippen MR) is 99.5 cm³/mol. The van der Waals surface area contributed by atoms with Gasteiger partial charge in [-0.05, 0) is 26.0 Å². The third-order valence-electron chi connectivity index (χ3n) is 5.03. The van der Waals surface area contributed by atoms with Crippen molar-refractivity contribution >= 4 is 21.4 Å². The summed E-state index contributed by atoms with van der Waals surface area (Å²) >= 11 is 1.38. The highest BCUT2D eigenvalue weighted by Crippen LogP contribution is 2.34. The zero-order valence-electron chi connectivity index (χ0n) is 14.6. The van der Waals surface area contributed by atoms with E-state index in [1.54, 1.807) is 22.5 Å². The van der Waals surface area contributed by atoms with Crippen LogP contribution in [0.4, 0.5) is 4.39 Å². The van der Waals surface area contributed by atoms with E-state index < -0.39 is 15.3 Å². The number of aromatic nitrogens is 1. The Labute approximate surface area is 156 Å². The van der Waals surface area contributed by atoms with Gasteiger partial charge in [0, 0.05) is 42.0 Å². The Bertz CT molecular complexity index is 921. The maximum absolute atomic E-state index is 14.0. The monoisotopic (exact) mass is 396 g/mol. The van der Waals surface area contributed by atoms with Gasteiger partial charge < -0.3 is 0 Å². The summed E-state index contributed by atoms with van der Waals surface area (Å²) in [5.74, 6) is -0.311. The molecule has 0 amide bonds. The molecule has 1 aromatic heterocycles. The van der Waals surface area contributed by atoms with E-state index in [9.17, 15) is 12.8 Å². The van der Waals surface area contributed by atoms with E-state index in [0.29, 0.717) is 30.1 Å². The minimum absolute atomic E-state index is 0.160. The summed E-state index contributed by atoms with van der Waals surface area (Å²) in [4.78, 5) is 5.46. The van der Waals surface area contributed by atoms with E-state index in [1.807, 2.05) is 13.8 Å². The van der Waals surface area contributed by atoms with Gasteiger partial charge in [-0.15, -0.1) is 11.3 Å². The van der Waals surface area contributed by atoms with E-state index in [1.165, 1.54) is 17.4 Å². The van der Waals surface area contributed by atoms with Gasteiger partial charge in [-0.2, -0.15) is 4.31 Å². The molecule has 4 rings (SSSR count). The number of rotatable bonds is 3. The first-order valence-electron chi connectivity index (χ1n) is 8.61. The van der Waals surface area contributed by atoms with Gasteiger partial charge in [0.15, 0.2) is 0 Å². The van der Waals surface area contributed by atoms with Crippen molar-refractivity contribution in [2.75, 3.05) is 6.54 Å². The van der Waals surface area contributed by atoms with Crippen LogP contribution in [0.25, 0.3) is 10.6 Å². The van der Waals surface area contributed by atoms with Gasteiger partial charge in [-0.25, -0.2) is 17.8 Å². The Morgan fingerprint density at radius 2 is 1.92 bits per heavy atom. The van der Waals surface area contributed by atoms with Crippen LogP contribution in [0.3, 0.4) is 0 Å². The van der Waals surface area contributed by atoms with Gasteiger partial charge in [0.05, 0.1) is 5.69 Å². The Kier molecular flexibility index (Phi) is 4.60. The summed E-state index contributed by atoms with van der Waals surface area (Å²) in [5, 5.41) is 0.0984. The fourth-order valence-electron chi connectivity index (χ4n) is 3.69. The number of nitrogens with zero attached hydrogens (tertiary/aromatic N) is 2. The summed E-state index contributed by atoms with van der Waals surface area (Å²) in [6.45, 7) is 4.46. The lowest BCUT2D eigenvalue weighted by molar-refractivity contribution is 0.381. The molecule has 3 heterocycles. The number of thiazole rings is 1. The average molecular weight is 397 g/mol. The van der Waals surface area contributed by atoms with Crippen molar-refractivity contribution in [3.63, 3.8) is 0 Å². The Morgan fingerprint density at radius 1 is 1.23 bits per heavy atom. The standard InChI is InChI=1S/C17H21FN4O2S2/c1-10-16(11(2)21-20-10)26(23,24)22-8-7-14-15(9-22)25-17(19-14)12-5-3-4-6-13(12)18/h3-6,10-11,16,20-21H,7-9H2,1-2H3. The second-order valence-corrected chi connectivity index (χ2v) is 10.0. The third-order valence-corrected chi connectivity index (χ3v) is 8.68. The summed E-state index contributed by atoms with van der Waals surface area (Å²) < 4.78 is 41.8. The van der Waals surface area contributed by atoms with Crippen LogP contribution in [0.5, 0.6) is 0 Å². The molecule has 0 aliphatic carbocycles. The van der Waals surface area contributed by atoms with Crippen molar-refractivity contribution in [3.05, 3.63) is 40.7 Å². The number of fused-ring (bicyclic) bond motifs is 1. The van der Waals surface area contributed by atoms with Crippen LogP contribution in [0, 0.1) is 5.82 Å². The molecule has 2 atom stereocenters. The lowest BCUT2D eigenvalue weighted by atomic mass is 10.2. The molecule has 26 heavy (non-hydrogen) atoms. The minimum Gasteiger partial charge on any atom is -0.253 e. The first kappa shape index (κ1) is 18.0. The molecule has 2 aliphatic rings. The van der Waals surface area contributed by atoms with Crippen molar-refractivity contribution in [3.8, 4) is 10.6 Å². The van der Waals surface area contributed by atoms with E-state index in [4.69, 9.17) is 0 Å². The van der Waals surface area contributed by atoms with Crippen molar-refractivity contribution in [2.45, 2.75) is 44.1 Å². The summed E-state index contributed by atoms with van der Waals surface area (Å²) in [6, 6.07) is 6.21. The molecule has 140 valence electrons. The first-order chi connectivity index (χ1) is 12.4. The predicted octanol–water partition coefficient (Wildman–Crippen LogP) is 1.89. The lowest BCUT2D eigenvalue weighted by Gasteiger charge is -2.30. The fourth-order valence-corrected chi connectivity index (χ4v) is 7.09. The van der Waals surface area contributed by atoms with Crippen LogP contribution in [-0.2, 0) is 23.0 Å². The van der Waals surface area contributed by atoms with Crippen molar-refractivity contribution in [1.29, 1.82) is 0 Å². The van der Waals surface area contributed by atoms with Crippen LogP contribution in [0.1, 0.15) is 24.4 Å². The molecule has 2 unspecified atom stereocenters. The minimum atomic E-state index is -3.45.